The lowest BCUT2D eigenvalue weighted by Gasteiger charge is -2.44. The Hall–Kier alpha value is -5.42. The molecule has 394 valence electrons. The second kappa shape index (κ2) is 25.0. The van der Waals surface area contributed by atoms with Crippen LogP contribution in [-0.2, 0) is 41.6 Å². The van der Waals surface area contributed by atoms with Crippen LogP contribution in [0.1, 0.15) is 115 Å². The molecule has 2 heterocycles. The SMILES string of the molecule is CN[C@@H](C)C(=O)N[C@H](C(=O)N1CCN(C/C=C/C=C/CN2CCN(C(=O)[C@@H](NC(=O)[C@H](C)NC)C(C)(C)C)[C@H](C(=O)N[C@@H]3CCCc4ccccc43)C2)C[C@H]1C(=O)N[C@@H]1CCCc2ccccc21)C(C)(C)C. The van der Waals surface area contributed by atoms with Crippen molar-refractivity contribution in [2.24, 2.45) is 10.8 Å². The van der Waals surface area contributed by atoms with Crippen LogP contribution in [0.25, 0.3) is 0 Å². The molecule has 0 unspecified atom stereocenters. The fourth-order valence-corrected chi connectivity index (χ4v) is 10.3. The Morgan fingerprint density at radius 3 is 1.32 bits per heavy atom. The molecule has 2 aliphatic carbocycles. The topological polar surface area (TPSA) is 188 Å². The van der Waals surface area contributed by atoms with E-state index in [-0.39, 0.29) is 47.5 Å². The van der Waals surface area contributed by atoms with Crippen molar-refractivity contribution in [1.82, 2.24) is 51.5 Å². The fraction of sp³-hybridized carbons (Fsp3) is 0.607. The number of allylic oxidation sites excluding steroid dienone is 2. The number of nitrogens with zero attached hydrogens (tertiary/aromatic N) is 4. The van der Waals surface area contributed by atoms with Crippen LogP contribution < -0.4 is 31.9 Å². The highest BCUT2D eigenvalue weighted by Crippen LogP contribution is 2.32. The lowest BCUT2D eigenvalue weighted by atomic mass is 9.85. The number of benzene rings is 2. The Morgan fingerprint density at radius 2 is 0.958 bits per heavy atom. The van der Waals surface area contributed by atoms with Gasteiger partial charge in [0.1, 0.15) is 24.2 Å². The van der Waals surface area contributed by atoms with Crippen LogP contribution in [0.5, 0.6) is 0 Å². The first-order valence-corrected chi connectivity index (χ1v) is 26.3. The third-order valence-corrected chi connectivity index (χ3v) is 15.0. The zero-order chi connectivity index (χ0) is 52.3. The first kappa shape index (κ1) is 55.9. The van der Waals surface area contributed by atoms with E-state index >= 15 is 0 Å². The van der Waals surface area contributed by atoms with Crippen molar-refractivity contribution < 1.29 is 28.8 Å². The molecule has 2 fully saturated rings. The molecule has 2 aromatic carbocycles. The van der Waals surface area contributed by atoms with Crippen LogP contribution in [0.2, 0.25) is 0 Å². The smallest absolute Gasteiger partial charge is 0.246 e. The summed E-state index contributed by atoms with van der Waals surface area (Å²) in [6.07, 6.45) is 13.5. The molecule has 72 heavy (non-hydrogen) atoms. The summed E-state index contributed by atoms with van der Waals surface area (Å²) in [6.45, 7) is 18.5. The molecule has 6 rings (SSSR count). The summed E-state index contributed by atoms with van der Waals surface area (Å²) in [5.41, 5.74) is 3.47. The molecule has 0 spiro atoms. The molecule has 6 amide bonds. The zero-order valence-electron chi connectivity index (χ0n) is 44.7. The van der Waals surface area contributed by atoms with Gasteiger partial charge in [0.05, 0.1) is 24.2 Å². The van der Waals surface area contributed by atoms with Crippen molar-refractivity contribution in [3.05, 3.63) is 95.1 Å². The Balaban J connectivity index is 1.14. The highest BCUT2D eigenvalue weighted by atomic mass is 16.2. The second-order valence-corrected chi connectivity index (χ2v) is 22.4. The number of amides is 6. The van der Waals surface area contributed by atoms with E-state index in [0.717, 1.165) is 49.7 Å². The zero-order valence-corrected chi connectivity index (χ0v) is 44.7. The van der Waals surface area contributed by atoms with Crippen molar-refractivity contribution in [1.29, 1.82) is 0 Å². The van der Waals surface area contributed by atoms with Gasteiger partial charge < -0.3 is 41.7 Å². The van der Waals surface area contributed by atoms with Gasteiger partial charge in [-0.25, -0.2) is 0 Å². The monoisotopic (exact) mass is 993 g/mol. The fourth-order valence-electron chi connectivity index (χ4n) is 10.3. The van der Waals surface area contributed by atoms with Crippen LogP contribution in [0, 0.1) is 10.8 Å². The third kappa shape index (κ3) is 14.2. The van der Waals surface area contributed by atoms with Gasteiger partial charge >= 0.3 is 0 Å². The first-order chi connectivity index (χ1) is 34.2. The number of fused-ring (bicyclic) bond motifs is 2. The minimum absolute atomic E-state index is 0.155. The number of hydrogen-bond donors (Lipinski definition) is 6. The summed E-state index contributed by atoms with van der Waals surface area (Å²) in [5, 5.41) is 18.5. The maximum atomic E-state index is 14.6. The van der Waals surface area contributed by atoms with E-state index in [0.29, 0.717) is 52.4 Å². The lowest BCUT2D eigenvalue weighted by molar-refractivity contribution is -0.149. The van der Waals surface area contributed by atoms with Crippen LogP contribution in [-0.4, -0.2) is 158 Å². The summed E-state index contributed by atoms with van der Waals surface area (Å²) in [4.78, 5) is 92.0. The molecule has 16 nitrogen and oxygen atoms in total. The number of nitrogens with one attached hydrogen (secondary N) is 6. The number of aryl methyl sites for hydroxylation is 2. The predicted octanol–water partition coefficient (Wildman–Crippen LogP) is 3.79. The van der Waals surface area contributed by atoms with Crippen LogP contribution in [0.4, 0.5) is 0 Å². The highest BCUT2D eigenvalue weighted by Gasteiger charge is 2.45. The average molecular weight is 993 g/mol. The predicted molar refractivity (Wildman–Crippen MR) is 283 cm³/mol. The number of carbonyl (C=O) groups excluding carboxylic acids is 6. The van der Waals surface area contributed by atoms with E-state index < -0.39 is 47.1 Å². The van der Waals surface area contributed by atoms with Crippen LogP contribution in [0.3, 0.4) is 0 Å². The van der Waals surface area contributed by atoms with E-state index in [2.05, 4.69) is 66.0 Å². The Bertz CT molecular complexity index is 2130. The van der Waals surface area contributed by atoms with E-state index in [1.165, 1.54) is 11.1 Å². The number of piperazine rings is 2. The average Bonchev–Trinajstić information content (AvgIpc) is 3.36. The van der Waals surface area contributed by atoms with E-state index in [1.54, 1.807) is 37.7 Å². The van der Waals surface area contributed by atoms with Crippen molar-refractivity contribution in [3.63, 3.8) is 0 Å². The third-order valence-electron chi connectivity index (χ3n) is 15.0. The number of hydrogen-bond acceptors (Lipinski definition) is 10. The standard InChI is InChI=1S/C56H84N10O6/c1-37(57-9)49(67)61-47(55(3,4)5)53(71)65-33-31-63(35-45(65)51(69)59-43-27-19-23-39-21-13-15-25-41(39)43)29-17-11-12-18-30-64-32-34-66(54(72)48(56(6,7)8)62-50(68)38(2)58-10)46(36-64)52(70)60-44-28-20-24-40-22-14-16-26-42(40)44/h11-18,21-22,25-26,37-38,43-48,57-58H,19-20,23-24,27-36H2,1-10H3,(H,59,69)(H,60,70)(H,61,67)(H,62,68)/b17-11+,18-12+/t37-,38-,43+,44+,45-,46-,47+,48+/m0/s1. The highest BCUT2D eigenvalue weighted by molar-refractivity contribution is 5.95. The van der Waals surface area contributed by atoms with Gasteiger partial charge in [0.25, 0.3) is 0 Å². The molecule has 0 bridgehead atoms. The number of likely N-dealkylation sites (N-methyl/N-ethyl adjacent to an activating group) is 2. The first-order valence-electron chi connectivity index (χ1n) is 26.3. The van der Waals surface area contributed by atoms with Gasteiger partial charge in [-0.1, -0.05) is 114 Å². The maximum absolute atomic E-state index is 14.6. The summed E-state index contributed by atoms with van der Waals surface area (Å²) in [7, 11) is 3.40. The van der Waals surface area contributed by atoms with Gasteiger partial charge in [-0.15, -0.1) is 0 Å². The summed E-state index contributed by atoms with van der Waals surface area (Å²) < 4.78 is 0. The molecule has 8 atom stereocenters. The largest absolute Gasteiger partial charge is 0.347 e. The summed E-state index contributed by atoms with van der Waals surface area (Å²) in [6, 6.07) is 11.9. The number of carbonyl (C=O) groups is 6. The minimum Gasteiger partial charge on any atom is -0.347 e. The van der Waals surface area contributed by atoms with E-state index in [1.807, 2.05) is 90.1 Å². The Kier molecular flexibility index (Phi) is 19.4. The molecule has 16 heteroatoms. The molecule has 4 aliphatic rings. The molecule has 2 aromatic rings. The molecule has 0 radical (unpaired) electrons. The lowest BCUT2D eigenvalue weighted by Crippen LogP contribution is -2.66. The number of rotatable bonds is 17. The van der Waals surface area contributed by atoms with Gasteiger partial charge in [0.2, 0.25) is 35.4 Å². The molecule has 6 N–H and O–H groups in total. The molecular formula is C56H84N10O6. The van der Waals surface area contributed by atoms with Gasteiger partial charge in [0, 0.05) is 52.4 Å². The molecule has 0 saturated carbocycles. The summed E-state index contributed by atoms with van der Waals surface area (Å²) in [5.74, 6) is -1.52. The van der Waals surface area contributed by atoms with Gasteiger partial charge in [0.15, 0.2) is 0 Å². The Labute approximate surface area is 428 Å². The van der Waals surface area contributed by atoms with Gasteiger partial charge in [-0.3, -0.25) is 38.6 Å². The van der Waals surface area contributed by atoms with Crippen molar-refractivity contribution in [2.45, 2.75) is 142 Å². The van der Waals surface area contributed by atoms with Crippen LogP contribution >= 0.6 is 0 Å². The van der Waals surface area contributed by atoms with Crippen LogP contribution in [0.15, 0.2) is 72.8 Å². The van der Waals surface area contributed by atoms with Crippen molar-refractivity contribution in [2.75, 3.05) is 66.5 Å². The Morgan fingerprint density at radius 1 is 0.583 bits per heavy atom. The van der Waals surface area contributed by atoms with E-state index in [9.17, 15) is 28.8 Å². The maximum Gasteiger partial charge on any atom is 0.246 e. The molecule has 2 saturated heterocycles. The second-order valence-electron chi connectivity index (χ2n) is 22.4. The summed E-state index contributed by atoms with van der Waals surface area (Å²) >= 11 is 0. The van der Waals surface area contributed by atoms with E-state index in [4.69, 9.17) is 0 Å². The molecular weight excluding hydrogens is 909 g/mol. The van der Waals surface area contributed by atoms with Gasteiger partial charge in [-0.05, 0) is 99.6 Å². The quantitative estimate of drug-likeness (QED) is 0.128. The van der Waals surface area contributed by atoms with Crippen molar-refractivity contribution in [3.8, 4) is 0 Å². The normalized spacial score (nSPS) is 22.8. The molecule has 2 aliphatic heterocycles. The minimum atomic E-state index is -0.842. The van der Waals surface area contributed by atoms with Gasteiger partial charge in [-0.2, -0.15) is 0 Å². The van der Waals surface area contributed by atoms with Crippen molar-refractivity contribution >= 4 is 35.4 Å². The molecule has 0 aromatic heterocycles.